The van der Waals surface area contributed by atoms with Crippen molar-refractivity contribution in [3.63, 3.8) is 0 Å². The van der Waals surface area contributed by atoms with E-state index in [1.54, 1.807) is 12.1 Å². The highest BCUT2D eigenvalue weighted by molar-refractivity contribution is 6.31. The van der Waals surface area contributed by atoms with E-state index in [1.165, 1.54) is 0 Å². The zero-order valence-electron chi connectivity index (χ0n) is 12.0. The van der Waals surface area contributed by atoms with Crippen LogP contribution in [-0.2, 0) is 0 Å². The van der Waals surface area contributed by atoms with E-state index in [1.807, 2.05) is 13.0 Å². The highest BCUT2D eigenvalue weighted by Gasteiger charge is 2.07. The number of aryl methyl sites for hydroxylation is 1. The lowest BCUT2D eigenvalue weighted by atomic mass is 10.1. The third-order valence-electron chi connectivity index (χ3n) is 3.26. The largest absolute Gasteiger partial charge is 0.308 e. The molecule has 1 rings (SSSR count). The predicted molar refractivity (Wildman–Crippen MR) is 81.2 cm³/mol. The molecule has 0 saturated carbocycles. The number of benzene rings is 1. The lowest BCUT2D eigenvalue weighted by molar-refractivity contribution is 0.0990. The van der Waals surface area contributed by atoms with Crippen molar-refractivity contribution in [2.24, 2.45) is 0 Å². The van der Waals surface area contributed by atoms with Crippen LogP contribution < -0.4 is 5.32 Å². The molecule has 0 aliphatic heterocycles. The van der Waals surface area contributed by atoms with E-state index in [4.69, 9.17) is 11.6 Å². The highest BCUT2D eigenvalue weighted by Crippen LogP contribution is 2.16. The zero-order valence-corrected chi connectivity index (χ0v) is 12.8. The Labute approximate surface area is 120 Å². The molecule has 1 aromatic rings. The van der Waals surface area contributed by atoms with Crippen molar-refractivity contribution in [3.8, 4) is 0 Å². The van der Waals surface area contributed by atoms with Gasteiger partial charge in [0.2, 0.25) is 0 Å². The quantitative estimate of drug-likeness (QED) is 0.588. The Kier molecular flexibility index (Phi) is 7.06. The average molecular weight is 283 g/mol. The van der Waals surface area contributed by atoms with Gasteiger partial charge in [0.05, 0.1) is 6.54 Å². The number of carbonyl (C=O) groups excluding carboxylic acids is 1. The van der Waals surface area contributed by atoms with Gasteiger partial charge in [0.1, 0.15) is 0 Å². The summed E-state index contributed by atoms with van der Waals surface area (Å²) in [6.07, 6.45) is 0. The Morgan fingerprint density at radius 1 is 1.32 bits per heavy atom. The fraction of sp³-hybridized carbons (Fsp3) is 0.533. The standard InChI is InChI=1S/C15H23ClN2O/c1-4-18(5-2)9-8-17-11-15(19)13-6-7-14(16)12(3)10-13/h6-7,10,17H,4-5,8-9,11H2,1-3H3. The van der Waals surface area contributed by atoms with E-state index >= 15 is 0 Å². The molecule has 0 fully saturated rings. The number of likely N-dealkylation sites (N-methyl/N-ethyl adjacent to an activating group) is 1. The van der Waals surface area contributed by atoms with Crippen LogP contribution in [0.1, 0.15) is 29.8 Å². The summed E-state index contributed by atoms with van der Waals surface area (Å²) in [6, 6.07) is 5.40. The number of hydrogen-bond donors (Lipinski definition) is 1. The van der Waals surface area contributed by atoms with Gasteiger partial charge in [-0.2, -0.15) is 0 Å². The van der Waals surface area contributed by atoms with Crippen LogP contribution >= 0.6 is 11.6 Å². The molecule has 0 amide bonds. The van der Waals surface area contributed by atoms with Crippen molar-refractivity contribution < 1.29 is 4.79 Å². The van der Waals surface area contributed by atoms with Gasteiger partial charge in [0.25, 0.3) is 0 Å². The number of Topliss-reactive ketones (excluding diaryl/α,β-unsaturated/α-hetero) is 1. The Hall–Kier alpha value is -0.900. The van der Waals surface area contributed by atoms with Crippen LogP contribution in [0.4, 0.5) is 0 Å². The van der Waals surface area contributed by atoms with Crippen molar-refractivity contribution in [3.05, 3.63) is 34.3 Å². The van der Waals surface area contributed by atoms with Crippen molar-refractivity contribution >= 4 is 17.4 Å². The van der Waals surface area contributed by atoms with Crippen molar-refractivity contribution in [1.29, 1.82) is 0 Å². The molecule has 0 aromatic heterocycles. The van der Waals surface area contributed by atoms with Gasteiger partial charge in [-0.1, -0.05) is 25.4 Å². The molecule has 0 saturated heterocycles. The SMILES string of the molecule is CCN(CC)CCNCC(=O)c1ccc(Cl)c(C)c1. The molecule has 0 aliphatic carbocycles. The van der Waals surface area contributed by atoms with E-state index in [9.17, 15) is 4.79 Å². The fourth-order valence-electron chi connectivity index (χ4n) is 1.90. The van der Waals surface area contributed by atoms with Crippen LogP contribution in [0, 0.1) is 6.92 Å². The Balaban J connectivity index is 2.37. The number of nitrogens with one attached hydrogen (secondary N) is 1. The minimum atomic E-state index is 0.110. The minimum Gasteiger partial charge on any atom is -0.308 e. The molecule has 0 unspecified atom stereocenters. The van der Waals surface area contributed by atoms with Gasteiger partial charge < -0.3 is 10.2 Å². The molecular formula is C15H23ClN2O. The molecule has 1 aromatic carbocycles. The lowest BCUT2D eigenvalue weighted by Crippen LogP contribution is -2.34. The number of halogens is 1. The molecule has 1 N–H and O–H groups in total. The number of hydrogen-bond acceptors (Lipinski definition) is 3. The maximum absolute atomic E-state index is 12.0. The Bertz CT molecular complexity index is 417. The minimum absolute atomic E-state index is 0.110. The Morgan fingerprint density at radius 3 is 2.58 bits per heavy atom. The summed E-state index contributed by atoms with van der Waals surface area (Å²) in [5.74, 6) is 0.110. The summed E-state index contributed by atoms with van der Waals surface area (Å²) in [5.41, 5.74) is 1.66. The van der Waals surface area contributed by atoms with Gasteiger partial charge in [0.15, 0.2) is 5.78 Å². The van der Waals surface area contributed by atoms with E-state index in [0.717, 1.165) is 37.3 Å². The maximum atomic E-state index is 12.0. The first kappa shape index (κ1) is 16.2. The van der Waals surface area contributed by atoms with Gasteiger partial charge >= 0.3 is 0 Å². The molecule has 0 aliphatic rings. The number of rotatable bonds is 8. The van der Waals surface area contributed by atoms with Gasteiger partial charge in [-0.15, -0.1) is 0 Å². The van der Waals surface area contributed by atoms with Gasteiger partial charge in [-0.05, 0) is 43.8 Å². The van der Waals surface area contributed by atoms with Crippen molar-refractivity contribution in [1.82, 2.24) is 10.2 Å². The lowest BCUT2D eigenvalue weighted by Gasteiger charge is -2.17. The van der Waals surface area contributed by atoms with Crippen molar-refractivity contribution in [2.75, 3.05) is 32.7 Å². The second kappa shape index (κ2) is 8.31. The second-order valence-corrected chi connectivity index (χ2v) is 5.00. The summed E-state index contributed by atoms with van der Waals surface area (Å²) in [5, 5.41) is 3.89. The molecule has 4 heteroatoms. The molecule has 3 nitrogen and oxygen atoms in total. The topological polar surface area (TPSA) is 32.3 Å². The van der Waals surface area contributed by atoms with Crippen LogP contribution in [0.15, 0.2) is 18.2 Å². The molecule has 0 radical (unpaired) electrons. The van der Waals surface area contributed by atoms with Crippen molar-refractivity contribution in [2.45, 2.75) is 20.8 Å². The molecular weight excluding hydrogens is 260 g/mol. The molecule has 19 heavy (non-hydrogen) atoms. The monoisotopic (exact) mass is 282 g/mol. The third kappa shape index (κ3) is 5.31. The van der Waals surface area contributed by atoms with Crippen LogP contribution in [-0.4, -0.2) is 43.4 Å². The number of ketones is 1. The van der Waals surface area contributed by atoms with Crippen LogP contribution in [0.2, 0.25) is 5.02 Å². The van der Waals surface area contributed by atoms with E-state index in [2.05, 4.69) is 24.1 Å². The molecule has 0 atom stereocenters. The van der Waals surface area contributed by atoms with Crippen LogP contribution in [0.3, 0.4) is 0 Å². The summed E-state index contributed by atoms with van der Waals surface area (Å²) in [6.45, 7) is 10.5. The summed E-state index contributed by atoms with van der Waals surface area (Å²) >= 11 is 5.95. The highest BCUT2D eigenvalue weighted by atomic mass is 35.5. The summed E-state index contributed by atoms with van der Waals surface area (Å²) < 4.78 is 0. The number of nitrogens with zero attached hydrogens (tertiary/aromatic N) is 1. The predicted octanol–water partition coefficient (Wildman–Crippen LogP) is 2.76. The van der Waals surface area contributed by atoms with E-state index < -0.39 is 0 Å². The first-order chi connectivity index (χ1) is 9.08. The molecule has 106 valence electrons. The van der Waals surface area contributed by atoms with Crippen LogP contribution in [0.25, 0.3) is 0 Å². The molecule has 0 spiro atoms. The smallest absolute Gasteiger partial charge is 0.176 e. The summed E-state index contributed by atoms with van der Waals surface area (Å²) in [4.78, 5) is 14.3. The third-order valence-corrected chi connectivity index (χ3v) is 3.69. The molecule has 0 heterocycles. The summed E-state index contributed by atoms with van der Waals surface area (Å²) in [7, 11) is 0. The fourth-order valence-corrected chi connectivity index (χ4v) is 2.02. The Morgan fingerprint density at radius 2 is 2.00 bits per heavy atom. The second-order valence-electron chi connectivity index (χ2n) is 4.59. The normalized spacial score (nSPS) is 11.0. The van der Waals surface area contributed by atoms with Crippen LogP contribution in [0.5, 0.6) is 0 Å². The van der Waals surface area contributed by atoms with E-state index in [-0.39, 0.29) is 5.78 Å². The van der Waals surface area contributed by atoms with Gasteiger partial charge in [0, 0.05) is 23.7 Å². The van der Waals surface area contributed by atoms with Gasteiger partial charge in [-0.25, -0.2) is 0 Å². The zero-order chi connectivity index (χ0) is 14.3. The van der Waals surface area contributed by atoms with E-state index in [0.29, 0.717) is 11.6 Å². The average Bonchev–Trinajstić information content (AvgIpc) is 2.42. The first-order valence-corrected chi connectivity index (χ1v) is 7.18. The molecule has 0 bridgehead atoms. The maximum Gasteiger partial charge on any atom is 0.176 e. The van der Waals surface area contributed by atoms with Gasteiger partial charge in [-0.3, -0.25) is 4.79 Å². The first-order valence-electron chi connectivity index (χ1n) is 6.80. The number of carbonyl (C=O) groups is 1.